The van der Waals surface area contributed by atoms with Crippen molar-refractivity contribution in [2.24, 2.45) is 0 Å². The van der Waals surface area contributed by atoms with Gasteiger partial charge in [-0.3, -0.25) is 4.79 Å². The molecule has 0 aliphatic heterocycles. The van der Waals surface area contributed by atoms with Gasteiger partial charge in [0.25, 0.3) is 0 Å². The number of amides is 2. The number of ketones is 1. The Balaban J connectivity index is 3.08. The highest BCUT2D eigenvalue weighted by molar-refractivity contribution is 5.95. The first-order valence-corrected chi connectivity index (χ1v) is 7.92. The highest BCUT2D eigenvalue weighted by atomic mass is 16.6. The minimum Gasteiger partial charge on any atom is -0.443 e. The third-order valence-corrected chi connectivity index (χ3v) is 2.71. The molecule has 0 unspecified atom stereocenters. The largest absolute Gasteiger partial charge is 0.443 e. The van der Waals surface area contributed by atoms with Crippen LogP contribution in [-0.4, -0.2) is 29.2 Å². The zero-order valence-corrected chi connectivity index (χ0v) is 15.8. The monoisotopic (exact) mass is 350 g/mol. The maximum absolute atomic E-state index is 12.4. The lowest BCUT2D eigenvalue weighted by Gasteiger charge is -2.28. The van der Waals surface area contributed by atoms with Gasteiger partial charge in [0.2, 0.25) is 0 Å². The molecule has 0 bridgehead atoms. The number of hydrogen-bond donors (Lipinski definition) is 1. The molecule has 0 saturated heterocycles. The summed E-state index contributed by atoms with van der Waals surface area (Å²) in [4.78, 5) is 35.9. The molecule has 2 amide bonds. The fourth-order valence-corrected chi connectivity index (χ4v) is 1.76. The van der Waals surface area contributed by atoms with E-state index in [1.165, 1.54) is 19.1 Å². The summed E-state index contributed by atoms with van der Waals surface area (Å²) in [5, 5.41) is 0.948. The summed E-state index contributed by atoms with van der Waals surface area (Å²) in [6.45, 7) is 11.7. The Kier molecular flexibility index (Phi) is 6.18. The standard InChI is InChI=1S/C18H26N2O5/c1-12(21)13-8-10-14(11-9-13)20(16(23)25-18(5,6)7)19-15(22)24-17(2,3)4/h8-11H,1-7H3,(H,19,22). The molecule has 7 heteroatoms. The lowest BCUT2D eigenvalue weighted by molar-refractivity contribution is 0.0425. The molecule has 1 aromatic rings. The molecule has 0 heterocycles. The second-order valence-electron chi connectivity index (χ2n) is 7.53. The predicted molar refractivity (Wildman–Crippen MR) is 94.5 cm³/mol. The van der Waals surface area contributed by atoms with Crippen LogP contribution >= 0.6 is 0 Å². The molecule has 0 aliphatic carbocycles. The number of benzene rings is 1. The van der Waals surface area contributed by atoms with Crippen LogP contribution in [0.15, 0.2) is 24.3 Å². The zero-order chi connectivity index (χ0) is 19.4. The van der Waals surface area contributed by atoms with Gasteiger partial charge in [-0.25, -0.2) is 15.0 Å². The van der Waals surface area contributed by atoms with Crippen LogP contribution < -0.4 is 10.4 Å². The Labute approximate surface area is 148 Å². The number of hydrazine groups is 1. The Morgan fingerprint density at radius 1 is 0.880 bits per heavy atom. The van der Waals surface area contributed by atoms with Crippen molar-refractivity contribution in [1.29, 1.82) is 0 Å². The van der Waals surface area contributed by atoms with Crippen molar-refractivity contribution in [3.63, 3.8) is 0 Å². The summed E-state index contributed by atoms with van der Waals surface area (Å²) in [6, 6.07) is 6.20. The summed E-state index contributed by atoms with van der Waals surface area (Å²) < 4.78 is 10.5. The average molecular weight is 350 g/mol. The molecule has 1 rings (SSSR count). The number of nitrogens with one attached hydrogen (secondary N) is 1. The van der Waals surface area contributed by atoms with Gasteiger partial charge in [-0.15, -0.1) is 0 Å². The van der Waals surface area contributed by atoms with Gasteiger partial charge in [0.15, 0.2) is 5.78 Å². The van der Waals surface area contributed by atoms with Crippen molar-refractivity contribution in [2.75, 3.05) is 5.01 Å². The quantitative estimate of drug-likeness (QED) is 0.642. The molecule has 7 nitrogen and oxygen atoms in total. The zero-order valence-electron chi connectivity index (χ0n) is 15.8. The maximum atomic E-state index is 12.4. The van der Waals surface area contributed by atoms with E-state index in [0.29, 0.717) is 11.3 Å². The third kappa shape index (κ3) is 7.24. The third-order valence-electron chi connectivity index (χ3n) is 2.71. The van der Waals surface area contributed by atoms with Gasteiger partial charge in [0, 0.05) is 5.56 Å². The minimum atomic E-state index is -0.797. The highest BCUT2D eigenvalue weighted by Gasteiger charge is 2.27. The van der Waals surface area contributed by atoms with Gasteiger partial charge < -0.3 is 9.47 Å². The molecular formula is C18H26N2O5. The smallest absolute Gasteiger partial charge is 0.434 e. The number of carbonyl (C=O) groups is 3. The van der Waals surface area contributed by atoms with E-state index >= 15 is 0 Å². The first-order chi connectivity index (χ1) is 11.3. The molecule has 0 saturated carbocycles. The lowest BCUT2D eigenvalue weighted by Crippen LogP contribution is -2.50. The number of nitrogens with zero attached hydrogens (tertiary/aromatic N) is 1. The Hall–Kier alpha value is -2.57. The summed E-state index contributed by atoms with van der Waals surface area (Å²) in [6.07, 6.45) is -1.57. The SMILES string of the molecule is CC(=O)c1ccc(N(NC(=O)OC(C)(C)C)C(=O)OC(C)(C)C)cc1. The number of ether oxygens (including phenoxy) is 2. The van der Waals surface area contributed by atoms with Gasteiger partial charge >= 0.3 is 12.2 Å². The summed E-state index contributed by atoms with van der Waals surface area (Å²) in [7, 11) is 0. The first-order valence-electron chi connectivity index (χ1n) is 7.92. The Bertz CT molecular complexity index is 639. The van der Waals surface area contributed by atoms with Crippen LogP contribution in [0.5, 0.6) is 0 Å². The summed E-state index contributed by atoms with van der Waals surface area (Å²) in [5.74, 6) is -0.101. The van der Waals surface area contributed by atoms with Gasteiger partial charge in [0.1, 0.15) is 11.2 Å². The van der Waals surface area contributed by atoms with E-state index in [-0.39, 0.29) is 5.78 Å². The van der Waals surface area contributed by atoms with Crippen LogP contribution in [0.2, 0.25) is 0 Å². The normalized spacial score (nSPS) is 11.5. The van der Waals surface area contributed by atoms with Crippen molar-refractivity contribution in [1.82, 2.24) is 5.43 Å². The van der Waals surface area contributed by atoms with Crippen LogP contribution in [0.25, 0.3) is 0 Å². The molecule has 0 aromatic heterocycles. The predicted octanol–water partition coefficient (Wildman–Crippen LogP) is 4.07. The fraction of sp³-hybridized carbons (Fsp3) is 0.500. The molecule has 25 heavy (non-hydrogen) atoms. The summed E-state index contributed by atoms with van der Waals surface area (Å²) in [5.41, 5.74) is 1.74. The van der Waals surface area contributed by atoms with Gasteiger partial charge in [-0.05, 0) is 72.7 Å². The van der Waals surface area contributed by atoms with E-state index in [9.17, 15) is 14.4 Å². The van der Waals surface area contributed by atoms with Gasteiger partial charge in [-0.1, -0.05) is 0 Å². The fourth-order valence-electron chi connectivity index (χ4n) is 1.76. The van der Waals surface area contributed by atoms with Crippen LogP contribution in [0.3, 0.4) is 0 Å². The van der Waals surface area contributed by atoms with Crippen molar-refractivity contribution in [2.45, 2.75) is 59.7 Å². The number of anilines is 1. The number of hydrogen-bond acceptors (Lipinski definition) is 5. The molecule has 138 valence electrons. The van der Waals surface area contributed by atoms with Crippen LogP contribution in [0.4, 0.5) is 15.3 Å². The van der Waals surface area contributed by atoms with E-state index < -0.39 is 23.4 Å². The van der Waals surface area contributed by atoms with Crippen molar-refractivity contribution >= 4 is 23.7 Å². The molecule has 0 spiro atoms. The van der Waals surface area contributed by atoms with Crippen LogP contribution in [0.1, 0.15) is 58.8 Å². The molecule has 0 aliphatic rings. The lowest BCUT2D eigenvalue weighted by atomic mass is 10.1. The Morgan fingerprint density at radius 2 is 1.36 bits per heavy atom. The van der Waals surface area contributed by atoms with Crippen LogP contribution in [0, 0.1) is 0 Å². The van der Waals surface area contributed by atoms with Gasteiger partial charge in [0.05, 0.1) is 5.69 Å². The second kappa shape index (κ2) is 7.55. The topological polar surface area (TPSA) is 84.9 Å². The molecule has 1 N–H and O–H groups in total. The number of Topliss-reactive ketones (excluding diaryl/α,β-unsaturated/α-hetero) is 1. The van der Waals surface area contributed by atoms with E-state index in [4.69, 9.17) is 9.47 Å². The van der Waals surface area contributed by atoms with Crippen molar-refractivity contribution in [3.05, 3.63) is 29.8 Å². The second-order valence-corrected chi connectivity index (χ2v) is 7.53. The van der Waals surface area contributed by atoms with E-state index in [1.54, 1.807) is 53.7 Å². The maximum Gasteiger partial charge on any atom is 0.434 e. The van der Waals surface area contributed by atoms with Crippen molar-refractivity contribution < 1.29 is 23.9 Å². The van der Waals surface area contributed by atoms with E-state index in [1.807, 2.05) is 0 Å². The average Bonchev–Trinajstić information content (AvgIpc) is 2.41. The number of carbonyl (C=O) groups excluding carboxylic acids is 3. The number of rotatable bonds is 2. The highest BCUT2D eigenvalue weighted by Crippen LogP contribution is 2.18. The minimum absolute atomic E-state index is 0.101. The molecule has 1 aromatic carbocycles. The summed E-state index contributed by atoms with van der Waals surface area (Å²) >= 11 is 0. The van der Waals surface area contributed by atoms with E-state index in [2.05, 4.69) is 5.43 Å². The molecule has 0 radical (unpaired) electrons. The van der Waals surface area contributed by atoms with Crippen molar-refractivity contribution in [3.8, 4) is 0 Å². The van der Waals surface area contributed by atoms with Gasteiger partial charge in [-0.2, -0.15) is 5.01 Å². The van der Waals surface area contributed by atoms with E-state index in [0.717, 1.165) is 5.01 Å². The van der Waals surface area contributed by atoms with Crippen LogP contribution in [-0.2, 0) is 9.47 Å². The molecular weight excluding hydrogens is 324 g/mol. The Morgan fingerprint density at radius 3 is 1.76 bits per heavy atom. The molecule has 0 fully saturated rings. The first kappa shape index (κ1) is 20.5. The molecule has 0 atom stereocenters.